The molecular weight excluding hydrogens is 316 g/mol. The second kappa shape index (κ2) is 5.46. The normalized spacial score (nSPS) is 10.8. The van der Waals surface area contributed by atoms with E-state index in [1.54, 1.807) is 18.2 Å². The first-order chi connectivity index (χ1) is 8.15. The Balaban J connectivity index is 1.97. The fourth-order valence-corrected chi connectivity index (χ4v) is 1.96. The second-order valence-corrected chi connectivity index (χ2v) is 4.83. The summed E-state index contributed by atoms with van der Waals surface area (Å²) in [6.45, 7) is 0.0772. The smallest absolute Gasteiger partial charge is 0.291 e. The fraction of sp³-hybridized carbons (Fsp3) is 0.222. The number of hydrogen-bond donors (Lipinski definition) is 0. The van der Waals surface area contributed by atoms with E-state index in [2.05, 4.69) is 31.1 Å². The van der Waals surface area contributed by atoms with E-state index in [0.29, 0.717) is 15.5 Å². The number of halogens is 3. The second-order valence-electron chi connectivity index (χ2n) is 2.92. The van der Waals surface area contributed by atoms with Gasteiger partial charge in [0.2, 0.25) is 5.88 Å². The summed E-state index contributed by atoms with van der Waals surface area (Å²) < 4.78 is 30.4. The molecule has 8 heteroatoms. The zero-order chi connectivity index (χ0) is 12.3. The van der Waals surface area contributed by atoms with Crippen LogP contribution >= 0.6 is 27.3 Å². The molecule has 0 aromatic carbocycles. The van der Waals surface area contributed by atoms with Gasteiger partial charge in [-0.25, -0.2) is 13.8 Å². The Morgan fingerprint density at radius 3 is 2.82 bits per heavy atom. The highest BCUT2D eigenvalue weighted by Gasteiger charge is 2.14. The number of pyridine rings is 1. The lowest BCUT2D eigenvalue weighted by molar-refractivity contribution is 0.150. The SMILES string of the molecule is FC(F)c1nnc(COc2cccc(Br)n2)s1. The molecule has 0 radical (unpaired) electrons. The molecule has 0 aliphatic carbocycles. The number of rotatable bonds is 4. The maximum absolute atomic E-state index is 12.2. The van der Waals surface area contributed by atoms with Gasteiger partial charge in [0.25, 0.3) is 6.43 Å². The van der Waals surface area contributed by atoms with Gasteiger partial charge in [0.1, 0.15) is 11.2 Å². The molecule has 2 aromatic rings. The summed E-state index contributed by atoms with van der Waals surface area (Å²) in [6.07, 6.45) is -2.59. The number of aromatic nitrogens is 3. The number of ether oxygens (including phenoxy) is 1. The highest BCUT2D eigenvalue weighted by atomic mass is 79.9. The lowest BCUT2D eigenvalue weighted by Gasteiger charge is -2.01. The van der Waals surface area contributed by atoms with Crippen molar-refractivity contribution in [2.45, 2.75) is 13.0 Å². The van der Waals surface area contributed by atoms with Crippen molar-refractivity contribution in [3.63, 3.8) is 0 Å². The number of alkyl halides is 2. The zero-order valence-electron chi connectivity index (χ0n) is 8.31. The molecule has 4 nitrogen and oxygen atoms in total. The molecule has 2 rings (SSSR count). The Bertz CT molecular complexity index is 508. The van der Waals surface area contributed by atoms with E-state index in [1.165, 1.54) is 0 Å². The Kier molecular flexibility index (Phi) is 3.95. The van der Waals surface area contributed by atoms with Crippen molar-refractivity contribution in [2.24, 2.45) is 0 Å². The minimum Gasteiger partial charge on any atom is -0.470 e. The molecule has 0 bridgehead atoms. The molecule has 90 valence electrons. The minimum absolute atomic E-state index is 0.0772. The van der Waals surface area contributed by atoms with Crippen molar-refractivity contribution in [2.75, 3.05) is 0 Å². The molecule has 0 spiro atoms. The third kappa shape index (κ3) is 3.40. The predicted octanol–water partition coefficient (Wildman–Crippen LogP) is 3.21. The van der Waals surface area contributed by atoms with Crippen LogP contribution in [0.5, 0.6) is 5.88 Å². The van der Waals surface area contributed by atoms with Crippen LogP contribution in [-0.4, -0.2) is 15.2 Å². The predicted molar refractivity (Wildman–Crippen MR) is 61.1 cm³/mol. The Morgan fingerprint density at radius 1 is 1.35 bits per heavy atom. The largest absolute Gasteiger partial charge is 0.470 e. The standard InChI is InChI=1S/C9H6BrF2N3OS/c10-5-2-1-3-6(13-5)16-4-7-14-15-9(17-7)8(11)12/h1-3,8H,4H2. The molecule has 0 saturated carbocycles. The van der Waals surface area contributed by atoms with Crippen molar-refractivity contribution < 1.29 is 13.5 Å². The van der Waals surface area contributed by atoms with Crippen molar-refractivity contribution in [1.29, 1.82) is 0 Å². The van der Waals surface area contributed by atoms with Crippen LogP contribution in [0.15, 0.2) is 22.8 Å². The van der Waals surface area contributed by atoms with Crippen molar-refractivity contribution >= 4 is 27.3 Å². The van der Waals surface area contributed by atoms with Crippen LogP contribution in [0.2, 0.25) is 0 Å². The van der Waals surface area contributed by atoms with Crippen LogP contribution in [0, 0.1) is 0 Å². The molecule has 0 N–H and O–H groups in total. The van der Waals surface area contributed by atoms with Gasteiger partial charge in [0.05, 0.1) is 0 Å². The van der Waals surface area contributed by atoms with Crippen LogP contribution in [0.4, 0.5) is 8.78 Å². The van der Waals surface area contributed by atoms with E-state index in [1.807, 2.05) is 0 Å². The summed E-state index contributed by atoms with van der Waals surface area (Å²) in [4.78, 5) is 4.03. The van der Waals surface area contributed by atoms with Crippen LogP contribution in [0.3, 0.4) is 0 Å². The molecule has 0 unspecified atom stereocenters. The Hall–Kier alpha value is -1.15. The van der Waals surface area contributed by atoms with E-state index >= 15 is 0 Å². The molecular formula is C9H6BrF2N3OS. The average Bonchev–Trinajstić information content (AvgIpc) is 2.75. The molecule has 0 fully saturated rings. The van der Waals surface area contributed by atoms with Crippen molar-refractivity contribution in [3.05, 3.63) is 32.8 Å². The topological polar surface area (TPSA) is 47.9 Å². The maximum Gasteiger partial charge on any atom is 0.291 e. The molecule has 2 aromatic heterocycles. The molecule has 0 saturated heterocycles. The number of nitrogens with zero attached hydrogens (tertiary/aromatic N) is 3. The highest BCUT2D eigenvalue weighted by Crippen LogP contribution is 2.23. The third-order valence-electron chi connectivity index (χ3n) is 1.70. The molecule has 0 amide bonds. The van der Waals surface area contributed by atoms with Gasteiger partial charge in [-0.2, -0.15) is 0 Å². The highest BCUT2D eigenvalue weighted by molar-refractivity contribution is 9.10. The van der Waals surface area contributed by atoms with E-state index in [-0.39, 0.29) is 11.6 Å². The lowest BCUT2D eigenvalue weighted by Crippen LogP contribution is -1.96. The van der Waals surface area contributed by atoms with Crippen LogP contribution < -0.4 is 4.74 Å². The van der Waals surface area contributed by atoms with Crippen LogP contribution in [0.1, 0.15) is 16.4 Å². The first kappa shape index (κ1) is 12.3. The van der Waals surface area contributed by atoms with Gasteiger partial charge < -0.3 is 4.74 Å². The molecule has 2 heterocycles. The first-order valence-corrected chi connectivity index (χ1v) is 6.12. The molecule has 17 heavy (non-hydrogen) atoms. The van der Waals surface area contributed by atoms with Crippen LogP contribution in [0.25, 0.3) is 0 Å². The summed E-state index contributed by atoms with van der Waals surface area (Å²) in [6, 6.07) is 5.18. The summed E-state index contributed by atoms with van der Waals surface area (Å²) in [5.41, 5.74) is 0. The van der Waals surface area contributed by atoms with E-state index in [4.69, 9.17) is 4.74 Å². The summed E-state index contributed by atoms with van der Waals surface area (Å²) in [7, 11) is 0. The monoisotopic (exact) mass is 321 g/mol. The number of hydrogen-bond acceptors (Lipinski definition) is 5. The van der Waals surface area contributed by atoms with E-state index in [0.717, 1.165) is 11.3 Å². The first-order valence-electron chi connectivity index (χ1n) is 4.51. The fourth-order valence-electron chi connectivity index (χ4n) is 1.02. The quantitative estimate of drug-likeness (QED) is 0.811. The minimum atomic E-state index is -2.59. The molecule has 0 atom stereocenters. The van der Waals surface area contributed by atoms with Crippen LogP contribution in [-0.2, 0) is 6.61 Å². The van der Waals surface area contributed by atoms with Gasteiger partial charge in [0, 0.05) is 6.07 Å². The summed E-state index contributed by atoms with van der Waals surface area (Å²) >= 11 is 4.02. The van der Waals surface area contributed by atoms with E-state index < -0.39 is 6.43 Å². The third-order valence-corrected chi connectivity index (χ3v) is 3.05. The molecule has 0 aliphatic rings. The Morgan fingerprint density at radius 2 is 2.18 bits per heavy atom. The average molecular weight is 322 g/mol. The summed E-state index contributed by atoms with van der Waals surface area (Å²) in [5, 5.41) is 7.04. The van der Waals surface area contributed by atoms with Gasteiger partial charge in [-0.15, -0.1) is 10.2 Å². The summed E-state index contributed by atoms with van der Waals surface area (Å²) in [5.74, 6) is 0.396. The molecule has 0 aliphatic heterocycles. The Labute approximate surface area is 108 Å². The van der Waals surface area contributed by atoms with Gasteiger partial charge >= 0.3 is 0 Å². The van der Waals surface area contributed by atoms with Gasteiger partial charge in [0.15, 0.2) is 10.0 Å². The lowest BCUT2D eigenvalue weighted by atomic mass is 10.5. The van der Waals surface area contributed by atoms with Gasteiger partial charge in [-0.05, 0) is 22.0 Å². The van der Waals surface area contributed by atoms with Gasteiger partial charge in [-0.3, -0.25) is 0 Å². The van der Waals surface area contributed by atoms with Crippen molar-refractivity contribution in [1.82, 2.24) is 15.2 Å². The maximum atomic E-state index is 12.2. The van der Waals surface area contributed by atoms with E-state index in [9.17, 15) is 8.78 Å². The van der Waals surface area contributed by atoms with Gasteiger partial charge in [-0.1, -0.05) is 17.4 Å². The van der Waals surface area contributed by atoms with Crippen molar-refractivity contribution in [3.8, 4) is 5.88 Å². The zero-order valence-corrected chi connectivity index (χ0v) is 10.7.